The normalized spacial score (nSPS) is 9.62. The smallest absolute Gasteiger partial charge is 0.408 e. The first-order chi connectivity index (χ1) is 9.90. The van der Waals surface area contributed by atoms with Gasteiger partial charge in [-0.25, -0.2) is 0 Å². The molecule has 0 saturated carbocycles. The van der Waals surface area contributed by atoms with Crippen LogP contribution < -0.4 is 10.5 Å². The minimum atomic E-state index is -0.608. The number of hydrogen-bond donors (Lipinski definition) is 4. The molecule has 0 amide bonds. The largest absolute Gasteiger partial charge is 0.433 e. The monoisotopic (exact) mass is 358 g/mol. The van der Waals surface area contributed by atoms with Gasteiger partial charge in [-0.1, -0.05) is 26.2 Å². The highest BCUT2D eigenvalue weighted by Gasteiger charge is 2.07. The lowest BCUT2D eigenvalue weighted by molar-refractivity contribution is 0.398. The van der Waals surface area contributed by atoms with E-state index in [2.05, 4.69) is 36.7 Å². The molecule has 0 aliphatic rings. The lowest BCUT2D eigenvalue weighted by Crippen LogP contribution is -2.19. The average molecular weight is 359 g/mol. The van der Waals surface area contributed by atoms with Gasteiger partial charge < -0.3 is 29.5 Å². The van der Waals surface area contributed by atoms with Crippen molar-refractivity contribution in [2.75, 3.05) is 10.5 Å². The van der Waals surface area contributed by atoms with Crippen molar-refractivity contribution in [1.82, 2.24) is 10.3 Å². The molecule has 21 heavy (non-hydrogen) atoms. The van der Waals surface area contributed by atoms with E-state index in [0.717, 1.165) is 11.5 Å². The quantitative estimate of drug-likeness (QED) is 0.470. The zero-order chi connectivity index (χ0) is 15.8. The van der Waals surface area contributed by atoms with Crippen molar-refractivity contribution in [3.8, 4) is 0 Å². The number of nitrogens with one attached hydrogen (secondary N) is 2. The number of halogens is 1. The Kier molecular flexibility index (Phi) is 7.34. The van der Waals surface area contributed by atoms with E-state index in [1.165, 1.54) is 0 Å². The molecule has 8 nitrogen and oxygen atoms in total. The third kappa shape index (κ3) is 7.21. The Morgan fingerprint density at radius 2 is 1.62 bits per heavy atom. The average Bonchev–Trinajstić information content (AvgIpc) is 2.98. The van der Waals surface area contributed by atoms with Crippen LogP contribution in [0, 0.1) is 6.92 Å². The standard InChI is InChI=1S/C5H8BBrN2O2.C5H9BN2O2/c1-6(10)8-5-2-4(3-7)11-9-5;1-4-3-5(8-10-4)7-6(2)9/h2,10H,3H2,1H3,(H,8,9);3,9H,1-2H3,(H,7,8). The van der Waals surface area contributed by atoms with Crippen LogP contribution in [0.15, 0.2) is 21.2 Å². The van der Waals surface area contributed by atoms with Crippen LogP contribution in [-0.4, -0.2) is 34.5 Å². The maximum absolute atomic E-state index is 8.88. The second-order valence-electron chi connectivity index (χ2n) is 4.28. The van der Waals surface area contributed by atoms with Crippen molar-refractivity contribution in [2.45, 2.75) is 25.9 Å². The first-order valence-electron chi connectivity index (χ1n) is 6.24. The summed E-state index contributed by atoms with van der Waals surface area (Å²) in [4.78, 5) is 0. The van der Waals surface area contributed by atoms with Crippen molar-refractivity contribution in [2.24, 2.45) is 0 Å². The molecule has 0 bridgehead atoms. The summed E-state index contributed by atoms with van der Waals surface area (Å²) in [6, 6.07) is 3.44. The van der Waals surface area contributed by atoms with Crippen LogP contribution in [0.4, 0.5) is 11.6 Å². The zero-order valence-electron chi connectivity index (χ0n) is 12.0. The Balaban J connectivity index is 0.000000211. The van der Waals surface area contributed by atoms with Crippen LogP contribution in [0.2, 0.25) is 13.6 Å². The molecule has 2 aromatic heterocycles. The van der Waals surface area contributed by atoms with Crippen molar-refractivity contribution >= 4 is 41.7 Å². The first kappa shape index (κ1) is 17.6. The number of nitrogens with zero attached hydrogens (tertiary/aromatic N) is 2. The van der Waals surface area contributed by atoms with Crippen LogP contribution in [-0.2, 0) is 5.33 Å². The molecular formula is C10H17B2BrN4O4. The minimum Gasteiger partial charge on any atom is -0.433 e. The molecule has 2 rings (SSSR count). The van der Waals surface area contributed by atoms with Gasteiger partial charge in [-0.2, -0.15) is 0 Å². The summed E-state index contributed by atoms with van der Waals surface area (Å²) < 4.78 is 9.59. The molecule has 0 aliphatic carbocycles. The molecule has 0 atom stereocenters. The van der Waals surface area contributed by atoms with E-state index in [9.17, 15) is 0 Å². The Bertz CT molecular complexity index is 535. The molecule has 0 aliphatic heterocycles. The summed E-state index contributed by atoms with van der Waals surface area (Å²) in [6.45, 7) is 5.02. The summed E-state index contributed by atoms with van der Waals surface area (Å²) >= 11 is 3.21. The highest BCUT2D eigenvalue weighted by Crippen LogP contribution is 2.11. The van der Waals surface area contributed by atoms with Crippen LogP contribution in [0.25, 0.3) is 0 Å². The lowest BCUT2D eigenvalue weighted by atomic mass is 9.89. The third-order valence-electron chi connectivity index (χ3n) is 2.03. The summed E-state index contributed by atoms with van der Waals surface area (Å²) in [5, 5.41) is 31.0. The van der Waals surface area contributed by atoms with E-state index < -0.39 is 14.1 Å². The SMILES string of the molecule is CB(O)Nc1cc(C)on1.CB(O)Nc1cc(CBr)on1. The van der Waals surface area contributed by atoms with Crippen molar-refractivity contribution in [3.63, 3.8) is 0 Å². The van der Waals surface area contributed by atoms with Crippen LogP contribution >= 0.6 is 15.9 Å². The van der Waals surface area contributed by atoms with Gasteiger partial charge >= 0.3 is 14.1 Å². The number of aryl methyl sites for hydroxylation is 1. The molecule has 0 radical (unpaired) electrons. The van der Waals surface area contributed by atoms with E-state index >= 15 is 0 Å². The summed E-state index contributed by atoms with van der Waals surface area (Å²) in [6.07, 6.45) is 0. The number of alkyl halides is 1. The highest BCUT2D eigenvalue weighted by molar-refractivity contribution is 9.08. The van der Waals surface area contributed by atoms with Gasteiger partial charge in [0.25, 0.3) is 0 Å². The van der Waals surface area contributed by atoms with Crippen molar-refractivity contribution in [3.05, 3.63) is 23.7 Å². The fourth-order valence-corrected chi connectivity index (χ4v) is 1.57. The van der Waals surface area contributed by atoms with E-state index in [-0.39, 0.29) is 0 Å². The molecule has 2 aromatic rings. The topological polar surface area (TPSA) is 117 Å². The molecule has 0 aromatic carbocycles. The molecular weight excluding hydrogens is 342 g/mol. The molecule has 4 N–H and O–H groups in total. The molecule has 0 unspecified atom stereocenters. The second kappa shape index (κ2) is 8.75. The number of rotatable bonds is 5. The van der Waals surface area contributed by atoms with Gasteiger partial charge in [0.2, 0.25) is 0 Å². The third-order valence-corrected chi connectivity index (χ3v) is 2.58. The van der Waals surface area contributed by atoms with Crippen molar-refractivity contribution < 1.29 is 19.1 Å². The minimum absolute atomic E-state index is 0.550. The maximum atomic E-state index is 8.88. The predicted molar refractivity (Wildman–Crippen MR) is 85.3 cm³/mol. The van der Waals surface area contributed by atoms with Gasteiger partial charge in [0, 0.05) is 12.1 Å². The summed E-state index contributed by atoms with van der Waals surface area (Å²) in [7, 11) is -1.20. The Hall–Kier alpha value is -1.45. The Morgan fingerprint density at radius 1 is 1.10 bits per heavy atom. The number of hydrogen-bond acceptors (Lipinski definition) is 8. The zero-order valence-corrected chi connectivity index (χ0v) is 13.6. The van der Waals surface area contributed by atoms with E-state index in [0.29, 0.717) is 17.0 Å². The van der Waals surface area contributed by atoms with Crippen LogP contribution in [0.3, 0.4) is 0 Å². The maximum Gasteiger partial charge on any atom is 0.408 e. The Labute approximate surface area is 131 Å². The molecule has 114 valence electrons. The molecule has 0 spiro atoms. The van der Waals surface area contributed by atoms with E-state index in [1.807, 2.05) is 0 Å². The molecule has 0 fully saturated rings. The first-order valence-corrected chi connectivity index (χ1v) is 7.37. The van der Waals surface area contributed by atoms with Gasteiger partial charge in [0.15, 0.2) is 11.6 Å². The number of anilines is 2. The van der Waals surface area contributed by atoms with E-state index in [4.69, 9.17) is 19.1 Å². The fraction of sp³-hybridized carbons (Fsp3) is 0.400. The molecule has 0 saturated heterocycles. The van der Waals surface area contributed by atoms with Gasteiger partial charge in [0.1, 0.15) is 11.5 Å². The Morgan fingerprint density at radius 3 is 2.00 bits per heavy atom. The summed E-state index contributed by atoms with van der Waals surface area (Å²) in [5.74, 6) is 2.57. The predicted octanol–water partition coefficient (Wildman–Crippen LogP) is 1.60. The van der Waals surface area contributed by atoms with Gasteiger partial charge in [0.05, 0.1) is 5.33 Å². The van der Waals surface area contributed by atoms with E-state index in [1.54, 1.807) is 32.7 Å². The van der Waals surface area contributed by atoms with Crippen molar-refractivity contribution in [1.29, 1.82) is 0 Å². The number of aromatic nitrogens is 2. The van der Waals surface area contributed by atoms with Gasteiger partial charge in [-0.3, -0.25) is 0 Å². The molecule has 11 heteroatoms. The summed E-state index contributed by atoms with van der Waals surface area (Å²) in [5.41, 5.74) is 0. The van der Waals surface area contributed by atoms with Gasteiger partial charge in [-0.05, 0) is 20.6 Å². The van der Waals surface area contributed by atoms with Crippen LogP contribution in [0.5, 0.6) is 0 Å². The molecule has 2 heterocycles. The second-order valence-corrected chi connectivity index (χ2v) is 4.84. The fourth-order valence-electron chi connectivity index (χ4n) is 1.31. The highest BCUT2D eigenvalue weighted by atomic mass is 79.9. The van der Waals surface area contributed by atoms with Gasteiger partial charge in [-0.15, -0.1) is 0 Å². The van der Waals surface area contributed by atoms with Crippen LogP contribution in [0.1, 0.15) is 11.5 Å². The lowest BCUT2D eigenvalue weighted by Gasteiger charge is -1.97.